The molecule has 11 bridgehead atoms. The second-order valence-electron chi connectivity index (χ2n) is 22.2. The summed E-state index contributed by atoms with van der Waals surface area (Å²) in [6.45, 7) is 2.69. The van der Waals surface area contributed by atoms with Crippen molar-refractivity contribution in [3.05, 3.63) is 117 Å². The molecule has 91 heavy (non-hydrogen) atoms. The van der Waals surface area contributed by atoms with Gasteiger partial charge in [0.2, 0.25) is 53.4 Å². The van der Waals surface area contributed by atoms with E-state index in [9.17, 15) is 75.0 Å². The van der Waals surface area contributed by atoms with Crippen molar-refractivity contribution >= 4 is 70.5 Å². The van der Waals surface area contributed by atoms with Gasteiger partial charge in [0.1, 0.15) is 95.6 Å². The minimum absolute atomic E-state index is 0.0825. The summed E-state index contributed by atoms with van der Waals surface area (Å²) in [5.41, 5.74) is 2.90. The Labute approximate surface area is 525 Å². The molecule has 2 unspecified atom stereocenters. The van der Waals surface area contributed by atoms with Crippen LogP contribution < -0.4 is 57.2 Å². The molecule has 0 aromatic heterocycles. The summed E-state index contributed by atoms with van der Waals surface area (Å²) < 4.78 is 24.8. The molecule has 11 rings (SSSR count). The Hall–Kier alpha value is -9.08. The van der Waals surface area contributed by atoms with Crippen LogP contribution in [0.1, 0.15) is 84.8 Å². The fourth-order valence-corrected chi connectivity index (χ4v) is 11.2. The van der Waals surface area contributed by atoms with Gasteiger partial charge in [-0.25, -0.2) is 4.79 Å². The first-order chi connectivity index (χ1) is 43.1. The molecule has 5 aromatic carbocycles. The van der Waals surface area contributed by atoms with Crippen molar-refractivity contribution in [3.63, 3.8) is 0 Å². The van der Waals surface area contributed by atoms with Gasteiger partial charge in [-0.1, -0.05) is 55.2 Å². The highest BCUT2D eigenvalue weighted by atomic mass is 35.5. The van der Waals surface area contributed by atoms with Crippen molar-refractivity contribution in [3.8, 4) is 57.1 Å². The number of nitrogens with two attached hydrogens (primary N) is 1. The molecule has 5 aromatic rings. The Morgan fingerprint density at radius 3 is 1.84 bits per heavy atom. The van der Waals surface area contributed by atoms with Crippen LogP contribution in [0.15, 0.2) is 78.9 Å². The van der Waals surface area contributed by atoms with E-state index in [1.54, 1.807) is 0 Å². The molecule has 6 heterocycles. The van der Waals surface area contributed by atoms with Gasteiger partial charge in [0.15, 0.2) is 17.5 Å². The Bertz CT molecular complexity index is 3730. The number of carboxylic acid groups (broad SMARTS) is 1. The summed E-state index contributed by atoms with van der Waals surface area (Å²) in [5.74, 6) is -15.8. The molecule has 6 aliphatic rings. The lowest BCUT2D eigenvalue weighted by molar-refractivity contribution is -0.277. The molecule has 14 atom stereocenters. The number of carbonyl (C=O) groups is 8. The highest BCUT2D eigenvalue weighted by molar-refractivity contribution is 6.32. The van der Waals surface area contributed by atoms with E-state index in [0.717, 1.165) is 66.7 Å². The van der Waals surface area contributed by atoms with Gasteiger partial charge in [0, 0.05) is 22.8 Å². The maximum Gasteiger partial charge on any atom is 0.330 e. The number of aliphatic carboxylic acids is 1. The molecule has 6 aliphatic heterocycles. The maximum atomic E-state index is 15.8. The standard InChI is InChI=1S/C59H62Cl2N8O22/c1-20(2)10-30(63-3)52(80)68-44-46(75)22-5-8-34(28(60)12-22)88-36-14-24-15-37(51(36)91-59-50(79)49(78)48(77)38(19-70)90-59)89-35-9-6-23(13-29(35)61)47(76)45-57(85)67-43(58(86)87)27-16-25(71)17-33(73)40(27)26-11-21(4-7-32(26)72)41(54(82)69-45)66-55(83)42(24)65-53(81)31(18-39(62)74)64-56(44)84/h4-9,11-17,20,30-31,38,41-50,59,63,70-73,75-79H,10,18-19H2,1-3H3,(H2,62,74)(H,64,84)(H,65,81)(H,66,83)(H,67,85)(H,68,80)(H,69,82)(H,86,87)/t30-,31+,38-,41-,42-,43-,44?,45+,46-,47-,48?,49+,50-,59+/m1/s1. The molecular weight excluding hydrogens is 1240 g/mol. The quantitative estimate of drug-likeness (QED) is 0.0819. The van der Waals surface area contributed by atoms with Crippen LogP contribution in [0.2, 0.25) is 10.0 Å². The number of ether oxygens (including phenoxy) is 4. The first-order valence-electron chi connectivity index (χ1n) is 27.9. The summed E-state index contributed by atoms with van der Waals surface area (Å²) >= 11 is 13.8. The Morgan fingerprint density at radius 2 is 1.25 bits per heavy atom. The highest BCUT2D eigenvalue weighted by Crippen LogP contribution is 2.49. The number of aromatic hydroxyl groups is 3. The second kappa shape index (κ2) is 27.2. The largest absolute Gasteiger partial charge is 0.508 e. The van der Waals surface area contributed by atoms with Crippen molar-refractivity contribution in [2.24, 2.45) is 11.7 Å². The number of amides is 7. The van der Waals surface area contributed by atoms with Gasteiger partial charge in [0.05, 0.1) is 29.1 Å². The average Bonchev–Trinajstić information content (AvgIpc) is 0.790. The van der Waals surface area contributed by atoms with Crippen molar-refractivity contribution < 1.29 is 108 Å². The fraction of sp³-hybridized carbons (Fsp3) is 0.356. The van der Waals surface area contributed by atoms with Gasteiger partial charge in [0.25, 0.3) is 0 Å². The van der Waals surface area contributed by atoms with E-state index in [0.29, 0.717) is 0 Å². The zero-order valence-corrected chi connectivity index (χ0v) is 49.5. The number of hydrogen-bond donors (Lipinski definition) is 18. The lowest BCUT2D eigenvalue weighted by Crippen LogP contribution is -2.60. The van der Waals surface area contributed by atoms with Crippen LogP contribution in [0.3, 0.4) is 0 Å². The lowest BCUT2D eigenvalue weighted by Gasteiger charge is -2.39. The number of fused-ring (bicyclic) bond motifs is 15. The predicted octanol–water partition coefficient (Wildman–Crippen LogP) is -0.131. The number of benzene rings is 5. The molecule has 1 fully saturated rings. The minimum atomic E-state index is -2.31. The number of rotatable bonds is 11. The number of aliphatic hydroxyl groups excluding tert-OH is 6. The number of phenolic OH excluding ortho intramolecular Hbond substituents is 3. The van der Waals surface area contributed by atoms with E-state index in [-0.39, 0.29) is 45.6 Å². The van der Waals surface area contributed by atoms with E-state index >= 15 is 14.4 Å². The first kappa shape index (κ1) is 66.3. The summed E-state index contributed by atoms with van der Waals surface area (Å²) in [6, 6.07) is -0.613. The van der Waals surface area contributed by atoms with Gasteiger partial charge in [-0.3, -0.25) is 33.6 Å². The number of carbonyl (C=O) groups excluding carboxylic acids is 7. The summed E-state index contributed by atoms with van der Waals surface area (Å²) in [4.78, 5) is 115. The predicted molar refractivity (Wildman–Crippen MR) is 313 cm³/mol. The van der Waals surface area contributed by atoms with E-state index in [2.05, 4.69) is 37.2 Å². The Morgan fingerprint density at radius 1 is 0.659 bits per heavy atom. The first-order valence-corrected chi connectivity index (χ1v) is 28.7. The third-order valence-electron chi connectivity index (χ3n) is 15.4. The molecule has 0 aliphatic carbocycles. The number of hydrogen-bond acceptors (Lipinski definition) is 22. The Balaban J connectivity index is 1.32. The zero-order valence-electron chi connectivity index (χ0n) is 48.0. The van der Waals surface area contributed by atoms with Crippen molar-refractivity contribution in [2.45, 2.75) is 112 Å². The number of aliphatic hydroxyl groups is 6. The number of likely N-dealkylation sites (N-methyl/N-ethyl adjacent to an activating group) is 1. The summed E-state index contributed by atoms with van der Waals surface area (Å²) in [5, 5.41) is 128. The van der Waals surface area contributed by atoms with E-state index in [1.165, 1.54) is 19.2 Å². The molecule has 0 saturated carbocycles. The highest BCUT2D eigenvalue weighted by Gasteiger charge is 2.47. The Kier molecular flexibility index (Phi) is 19.8. The molecule has 0 radical (unpaired) electrons. The van der Waals surface area contributed by atoms with Crippen LogP contribution in [0.25, 0.3) is 11.1 Å². The average molecular weight is 1310 g/mol. The summed E-state index contributed by atoms with van der Waals surface area (Å²) in [7, 11) is 1.47. The van der Waals surface area contributed by atoms with Crippen LogP contribution in [0, 0.1) is 5.92 Å². The second-order valence-corrected chi connectivity index (χ2v) is 23.0. The van der Waals surface area contributed by atoms with Gasteiger partial charge in [-0.2, -0.15) is 0 Å². The SMILES string of the molecule is CN[C@H](CC(C)C)C(=O)NC1C(=O)N[C@@H](CC(N)=O)C(=O)N[C@H]2C(=O)N[C@H]3C(=O)N[C@H](C(=O)N[C@@H](C(=O)O)c4cc(O)cc(O)c4-c4cc3ccc4O)[C@H](O)c3ccc(c(Cl)c3)Oc3cc2cc(c3O[C@@H]2O[C@H](CO)C(O)[C@H](O)[C@H]2O)Oc2ccc(cc2Cl)[C@H]1O. The topological polar surface area (TPSA) is 486 Å². The van der Waals surface area contributed by atoms with Gasteiger partial charge in [-0.15, -0.1) is 0 Å². The minimum Gasteiger partial charge on any atom is -0.508 e. The molecule has 19 N–H and O–H groups in total. The molecule has 32 heteroatoms. The van der Waals surface area contributed by atoms with Crippen LogP contribution in [0.5, 0.6) is 46.0 Å². The van der Waals surface area contributed by atoms with E-state index in [4.69, 9.17) is 47.9 Å². The van der Waals surface area contributed by atoms with E-state index < -0.39 is 207 Å². The van der Waals surface area contributed by atoms with Crippen molar-refractivity contribution in [2.75, 3.05) is 13.7 Å². The van der Waals surface area contributed by atoms with E-state index in [1.807, 2.05) is 13.8 Å². The molecule has 1 saturated heterocycles. The van der Waals surface area contributed by atoms with Gasteiger partial charge >= 0.3 is 5.97 Å². The number of halogens is 2. The number of primary amides is 1. The van der Waals surface area contributed by atoms with Crippen LogP contribution in [-0.2, 0) is 43.1 Å². The molecule has 484 valence electrons. The molecule has 0 spiro atoms. The summed E-state index contributed by atoms with van der Waals surface area (Å²) in [6.07, 6.45) is -14.9. The monoisotopic (exact) mass is 1300 g/mol. The molecular formula is C59H62Cl2N8O22. The van der Waals surface area contributed by atoms with Crippen molar-refractivity contribution in [1.82, 2.24) is 37.2 Å². The smallest absolute Gasteiger partial charge is 0.330 e. The van der Waals surface area contributed by atoms with Gasteiger partial charge < -0.3 is 113 Å². The fourth-order valence-electron chi connectivity index (χ4n) is 10.7. The number of phenols is 3. The number of nitrogens with one attached hydrogen (secondary N) is 7. The molecule has 7 amide bonds. The lowest BCUT2D eigenvalue weighted by atomic mass is 9.89. The molecule has 30 nitrogen and oxygen atoms in total. The van der Waals surface area contributed by atoms with Crippen LogP contribution in [-0.4, -0.2) is 167 Å². The van der Waals surface area contributed by atoms with Crippen LogP contribution in [0.4, 0.5) is 0 Å². The third-order valence-corrected chi connectivity index (χ3v) is 16.0. The third kappa shape index (κ3) is 14.0. The van der Waals surface area contributed by atoms with Crippen LogP contribution >= 0.6 is 23.2 Å². The van der Waals surface area contributed by atoms with Gasteiger partial charge in [-0.05, 0) is 96.2 Å². The normalized spacial score (nSPS) is 26.2. The van der Waals surface area contributed by atoms with Crippen molar-refractivity contribution in [1.29, 1.82) is 0 Å². The maximum absolute atomic E-state index is 15.8. The number of carboxylic acids is 1. The zero-order chi connectivity index (χ0) is 66.2.